The van der Waals surface area contributed by atoms with Crippen molar-refractivity contribution < 1.29 is 8.42 Å². The van der Waals surface area contributed by atoms with E-state index in [9.17, 15) is 8.42 Å². The molecule has 1 atom stereocenters. The third kappa shape index (κ3) is 3.53. The fourth-order valence-corrected chi connectivity index (χ4v) is 2.56. The Bertz CT molecular complexity index is 561. The van der Waals surface area contributed by atoms with Crippen molar-refractivity contribution in [2.75, 3.05) is 13.6 Å². The van der Waals surface area contributed by atoms with Gasteiger partial charge >= 0.3 is 0 Å². The molecule has 0 amide bonds. The van der Waals surface area contributed by atoms with Crippen LogP contribution in [-0.4, -0.2) is 28.1 Å². The molecule has 1 aromatic rings. The summed E-state index contributed by atoms with van der Waals surface area (Å²) in [5, 5.41) is 11.7. The van der Waals surface area contributed by atoms with E-state index in [1.807, 2.05) is 13.0 Å². The standard InChI is InChI=1S/C12H17N3O2S/c1-9-6-12(5-4-11(9)7-13)18(16,17)15-8-10(2)14-3/h4-6,10,14-15H,8H2,1-3H3. The number of nitrogens with zero attached hydrogens (tertiary/aromatic N) is 1. The molecule has 5 nitrogen and oxygen atoms in total. The van der Waals surface area contributed by atoms with E-state index in [1.165, 1.54) is 18.2 Å². The van der Waals surface area contributed by atoms with Gasteiger partial charge in [-0.15, -0.1) is 0 Å². The number of likely N-dealkylation sites (N-methyl/N-ethyl adjacent to an activating group) is 1. The molecule has 0 fully saturated rings. The average Bonchev–Trinajstić information content (AvgIpc) is 2.35. The second-order valence-corrected chi connectivity index (χ2v) is 5.90. The molecule has 1 unspecified atom stereocenters. The van der Waals surface area contributed by atoms with E-state index in [0.29, 0.717) is 17.7 Å². The fourth-order valence-electron chi connectivity index (χ4n) is 1.35. The number of sulfonamides is 1. The maximum atomic E-state index is 12.0. The fraction of sp³-hybridized carbons (Fsp3) is 0.417. The van der Waals surface area contributed by atoms with Crippen LogP contribution in [0.3, 0.4) is 0 Å². The van der Waals surface area contributed by atoms with Crippen LogP contribution in [0.15, 0.2) is 23.1 Å². The van der Waals surface area contributed by atoms with E-state index in [4.69, 9.17) is 5.26 Å². The monoisotopic (exact) mass is 267 g/mol. The first-order valence-corrected chi connectivity index (χ1v) is 7.06. The summed E-state index contributed by atoms with van der Waals surface area (Å²) >= 11 is 0. The Morgan fingerprint density at radius 3 is 2.61 bits per heavy atom. The molecule has 2 N–H and O–H groups in total. The number of nitrogens with one attached hydrogen (secondary N) is 2. The highest BCUT2D eigenvalue weighted by Crippen LogP contribution is 2.14. The zero-order valence-electron chi connectivity index (χ0n) is 10.7. The van der Waals surface area contributed by atoms with E-state index < -0.39 is 10.0 Å². The highest BCUT2D eigenvalue weighted by molar-refractivity contribution is 7.89. The molecule has 0 heterocycles. The van der Waals surface area contributed by atoms with Crippen molar-refractivity contribution in [2.24, 2.45) is 0 Å². The second kappa shape index (κ2) is 5.96. The SMILES string of the molecule is CNC(C)CNS(=O)(=O)c1ccc(C#N)c(C)c1. The Labute approximate surface area is 108 Å². The molecule has 0 radical (unpaired) electrons. The largest absolute Gasteiger partial charge is 0.316 e. The van der Waals surface area contributed by atoms with E-state index in [2.05, 4.69) is 10.0 Å². The van der Waals surface area contributed by atoms with Crippen molar-refractivity contribution in [1.29, 1.82) is 5.26 Å². The third-order valence-electron chi connectivity index (χ3n) is 2.70. The number of nitriles is 1. The number of rotatable bonds is 5. The maximum absolute atomic E-state index is 12.0. The minimum absolute atomic E-state index is 0.0549. The topological polar surface area (TPSA) is 82.0 Å². The van der Waals surface area contributed by atoms with E-state index in [1.54, 1.807) is 14.0 Å². The van der Waals surface area contributed by atoms with Gasteiger partial charge in [-0.2, -0.15) is 5.26 Å². The summed E-state index contributed by atoms with van der Waals surface area (Å²) in [6, 6.07) is 6.53. The van der Waals surface area contributed by atoms with Crippen molar-refractivity contribution in [2.45, 2.75) is 24.8 Å². The minimum atomic E-state index is -3.51. The quantitative estimate of drug-likeness (QED) is 0.825. The number of hydrogen-bond acceptors (Lipinski definition) is 4. The zero-order valence-corrected chi connectivity index (χ0v) is 11.5. The highest BCUT2D eigenvalue weighted by atomic mass is 32.2. The van der Waals surface area contributed by atoms with Crippen LogP contribution in [0.2, 0.25) is 0 Å². The van der Waals surface area contributed by atoms with Crippen LogP contribution in [0.25, 0.3) is 0 Å². The summed E-state index contributed by atoms with van der Waals surface area (Å²) in [4.78, 5) is 0.183. The predicted octanol–water partition coefficient (Wildman–Crippen LogP) is 0.753. The van der Waals surface area contributed by atoms with Gasteiger partial charge in [0.1, 0.15) is 0 Å². The lowest BCUT2D eigenvalue weighted by atomic mass is 10.1. The molecular formula is C12H17N3O2S. The van der Waals surface area contributed by atoms with Crippen LogP contribution in [0, 0.1) is 18.3 Å². The third-order valence-corrected chi connectivity index (χ3v) is 4.12. The number of aryl methyl sites for hydroxylation is 1. The molecule has 0 saturated heterocycles. The molecular weight excluding hydrogens is 250 g/mol. The van der Waals surface area contributed by atoms with Crippen molar-refractivity contribution in [3.05, 3.63) is 29.3 Å². The molecule has 0 saturated carbocycles. The van der Waals surface area contributed by atoms with Gasteiger partial charge in [-0.3, -0.25) is 0 Å². The van der Waals surface area contributed by atoms with Gasteiger partial charge in [0.2, 0.25) is 10.0 Å². The summed E-state index contributed by atoms with van der Waals surface area (Å²) in [6.45, 7) is 3.91. The normalized spacial score (nSPS) is 13.0. The molecule has 0 aliphatic rings. The molecule has 98 valence electrons. The van der Waals surface area contributed by atoms with Gasteiger partial charge in [0.15, 0.2) is 0 Å². The summed E-state index contributed by atoms with van der Waals surface area (Å²) in [5.74, 6) is 0. The first-order chi connectivity index (χ1) is 8.40. The molecule has 0 spiro atoms. The van der Waals surface area contributed by atoms with Gasteiger partial charge < -0.3 is 5.32 Å². The lowest BCUT2D eigenvalue weighted by molar-refractivity contribution is 0.554. The van der Waals surface area contributed by atoms with Gasteiger partial charge in [-0.25, -0.2) is 13.1 Å². The van der Waals surface area contributed by atoms with Gasteiger partial charge in [-0.1, -0.05) is 0 Å². The van der Waals surface area contributed by atoms with Crippen molar-refractivity contribution in [3.8, 4) is 6.07 Å². The maximum Gasteiger partial charge on any atom is 0.240 e. The number of hydrogen-bond donors (Lipinski definition) is 2. The second-order valence-electron chi connectivity index (χ2n) is 4.13. The van der Waals surface area contributed by atoms with Crippen LogP contribution in [0.4, 0.5) is 0 Å². The van der Waals surface area contributed by atoms with Crippen molar-refractivity contribution >= 4 is 10.0 Å². The summed E-state index contributed by atoms with van der Waals surface area (Å²) < 4.78 is 26.5. The van der Waals surface area contributed by atoms with Crippen molar-refractivity contribution in [1.82, 2.24) is 10.0 Å². The average molecular weight is 267 g/mol. The highest BCUT2D eigenvalue weighted by Gasteiger charge is 2.15. The van der Waals surface area contributed by atoms with Gasteiger partial charge in [-0.05, 0) is 44.7 Å². The van der Waals surface area contributed by atoms with Crippen LogP contribution in [0.5, 0.6) is 0 Å². The zero-order chi connectivity index (χ0) is 13.8. The Balaban J connectivity index is 2.93. The number of benzene rings is 1. The lowest BCUT2D eigenvalue weighted by Gasteiger charge is -2.12. The Hall–Kier alpha value is -1.42. The minimum Gasteiger partial charge on any atom is -0.316 e. The van der Waals surface area contributed by atoms with E-state index in [0.717, 1.165) is 0 Å². The molecule has 0 aliphatic heterocycles. The van der Waals surface area contributed by atoms with Gasteiger partial charge in [0.05, 0.1) is 16.5 Å². The predicted molar refractivity (Wildman–Crippen MR) is 69.6 cm³/mol. The first-order valence-electron chi connectivity index (χ1n) is 5.58. The molecule has 1 aromatic carbocycles. The molecule has 1 rings (SSSR count). The van der Waals surface area contributed by atoms with E-state index in [-0.39, 0.29) is 10.9 Å². The molecule has 6 heteroatoms. The van der Waals surface area contributed by atoms with Crippen LogP contribution in [0.1, 0.15) is 18.1 Å². The Morgan fingerprint density at radius 1 is 1.44 bits per heavy atom. The molecule has 0 aromatic heterocycles. The van der Waals surface area contributed by atoms with Crippen LogP contribution in [-0.2, 0) is 10.0 Å². The van der Waals surface area contributed by atoms with Crippen molar-refractivity contribution in [3.63, 3.8) is 0 Å². The molecule has 18 heavy (non-hydrogen) atoms. The van der Waals surface area contributed by atoms with Gasteiger partial charge in [0.25, 0.3) is 0 Å². The molecule has 0 aliphatic carbocycles. The van der Waals surface area contributed by atoms with E-state index >= 15 is 0 Å². The summed E-state index contributed by atoms with van der Waals surface area (Å²) in [6.07, 6.45) is 0. The Morgan fingerprint density at radius 2 is 2.11 bits per heavy atom. The summed E-state index contributed by atoms with van der Waals surface area (Å²) in [7, 11) is -1.74. The van der Waals surface area contributed by atoms with Gasteiger partial charge in [0, 0.05) is 12.6 Å². The lowest BCUT2D eigenvalue weighted by Crippen LogP contribution is -2.37. The van der Waals surface area contributed by atoms with Crippen LogP contribution < -0.4 is 10.0 Å². The summed E-state index contributed by atoms with van der Waals surface area (Å²) in [5.41, 5.74) is 1.14. The van der Waals surface area contributed by atoms with Crippen LogP contribution >= 0.6 is 0 Å². The first kappa shape index (κ1) is 14.6. The smallest absolute Gasteiger partial charge is 0.240 e. The molecule has 0 bridgehead atoms. The Kier molecular flexibility index (Phi) is 4.84.